The number of morpholine rings is 1. The summed E-state index contributed by atoms with van der Waals surface area (Å²) in [6, 6.07) is 13.7. The number of alkyl halides is 3. The maximum Gasteiger partial charge on any atom is 0.471 e. The third kappa shape index (κ3) is 6.79. The maximum absolute atomic E-state index is 12.8. The van der Waals surface area contributed by atoms with Crippen LogP contribution in [0.4, 0.5) is 24.7 Å². The van der Waals surface area contributed by atoms with Crippen molar-refractivity contribution in [2.45, 2.75) is 57.8 Å². The summed E-state index contributed by atoms with van der Waals surface area (Å²) in [5, 5.41) is 4.41. The third-order valence-electron chi connectivity index (χ3n) is 7.29. The van der Waals surface area contributed by atoms with Gasteiger partial charge >= 0.3 is 12.1 Å². The molecular formula is C29H36F3N5O2. The second-order valence-electron chi connectivity index (χ2n) is 9.64. The fraction of sp³-hybridized carbons (Fsp3) is 0.483. The van der Waals surface area contributed by atoms with E-state index in [4.69, 9.17) is 9.72 Å². The van der Waals surface area contributed by atoms with E-state index in [1.54, 1.807) is 6.20 Å². The summed E-state index contributed by atoms with van der Waals surface area (Å²) in [5.41, 5.74) is 3.74. The molecule has 1 aliphatic carbocycles. The Morgan fingerprint density at radius 3 is 2.36 bits per heavy atom. The number of nitrogens with zero attached hydrogens (tertiary/aromatic N) is 4. The predicted octanol–water partition coefficient (Wildman–Crippen LogP) is 5.90. The minimum Gasteiger partial charge on any atom is -0.378 e. The first kappa shape index (κ1) is 28.6. The second-order valence-corrected chi connectivity index (χ2v) is 9.64. The van der Waals surface area contributed by atoms with Gasteiger partial charge in [-0.2, -0.15) is 13.2 Å². The number of amides is 1. The fourth-order valence-corrected chi connectivity index (χ4v) is 5.16. The van der Waals surface area contributed by atoms with Crippen molar-refractivity contribution in [2.75, 3.05) is 43.6 Å². The van der Waals surface area contributed by atoms with E-state index in [-0.39, 0.29) is 6.04 Å². The molecule has 2 aromatic heterocycles. The lowest BCUT2D eigenvalue weighted by Gasteiger charge is -2.35. The summed E-state index contributed by atoms with van der Waals surface area (Å²) in [7, 11) is 1.24. The summed E-state index contributed by atoms with van der Waals surface area (Å²) in [5.74, 6) is -1.07. The monoisotopic (exact) mass is 543 g/mol. The number of halogens is 3. The number of carbonyl (C=O) groups excluding carboxylic acids is 1. The number of hydrogen-bond donors (Lipinski definition) is 1. The fourth-order valence-electron chi connectivity index (χ4n) is 5.16. The Bertz CT molecular complexity index is 1240. The Kier molecular flexibility index (Phi) is 9.27. The highest BCUT2D eigenvalue weighted by Crippen LogP contribution is 2.32. The van der Waals surface area contributed by atoms with Crippen molar-refractivity contribution >= 4 is 28.3 Å². The van der Waals surface area contributed by atoms with Crippen LogP contribution in [0.5, 0.6) is 0 Å². The molecule has 210 valence electrons. The van der Waals surface area contributed by atoms with E-state index in [0.717, 1.165) is 59.1 Å². The van der Waals surface area contributed by atoms with E-state index in [1.807, 2.05) is 32.0 Å². The molecule has 0 unspecified atom stereocenters. The lowest BCUT2D eigenvalue weighted by atomic mass is 9.90. The van der Waals surface area contributed by atoms with Gasteiger partial charge in [0.1, 0.15) is 5.82 Å². The summed E-state index contributed by atoms with van der Waals surface area (Å²) in [6.45, 7) is 7.19. The number of carbonyl (C=O) groups is 1. The molecule has 1 amide bonds. The van der Waals surface area contributed by atoms with E-state index >= 15 is 0 Å². The molecule has 7 nitrogen and oxygen atoms in total. The van der Waals surface area contributed by atoms with Crippen LogP contribution in [0.1, 0.15) is 39.5 Å². The molecule has 2 aliphatic rings. The van der Waals surface area contributed by atoms with Crippen molar-refractivity contribution in [3.63, 3.8) is 0 Å². The first-order valence-corrected chi connectivity index (χ1v) is 13.6. The molecule has 39 heavy (non-hydrogen) atoms. The van der Waals surface area contributed by atoms with Gasteiger partial charge in [-0.05, 0) is 56.0 Å². The van der Waals surface area contributed by atoms with Crippen LogP contribution in [0.25, 0.3) is 22.2 Å². The zero-order valence-electron chi connectivity index (χ0n) is 22.7. The van der Waals surface area contributed by atoms with Crippen LogP contribution >= 0.6 is 0 Å². The van der Waals surface area contributed by atoms with E-state index in [0.29, 0.717) is 31.5 Å². The molecule has 10 heteroatoms. The maximum atomic E-state index is 12.8. The summed E-state index contributed by atoms with van der Waals surface area (Å²) >= 11 is 0. The molecule has 0 atom stereocenters. The Labute approximate surface area is 227 Å². The number of rotatable bonds is 5. The van der Waals surface area contributed by atoms with Crippen molar-refractivity contribution in [3.05, 3.63) is 48.7 Å². The van der Waals surface area contributed by atoms with Gasteiger partial charge < -0.3 is 19.9 Å². The Balaban J connectivity index is 0.00000172. The highest BCUT2D eigenvalue weighted by atomic mass is 19.4. The molecule has 5 rings (SSSR count). The largest absolute Gasteiger partial charge is 0.471 e. The average molecular weight is 544 g/mol. The molecule has 1 aromatic carbocycles. The van der Waals surface area contributed by atoms with Crippen LogP contribution < -0.4 is 10.2 Å². The summed E-state index contributed by atoms with van der Waals surface area (Å²) in [6.07, 6.45) is -0.829. The molecule has 3 heterocycles. The smallest absolute Gasteiger partial charge is 0.378 e. The van der Waals surface area contributed by atoms with Crippen LogP contribution in [0, 0.1) is 0 Å². The SMILES string of the molecule is CC.CN(C(=O)C(F)(F)F)C1CCC(Nc2nc(-c3ccc(N4CCOCC4)cc3)cc3ncccc23)CC1. The van der Waals surface area contributed by atoms with Gasteiger partial charge in [0.2, 0.25) is 0 Å². The van der Waals surface area contributed by atoms with Gasteiger partial charge in [0.15, 0.2) is 0 Å². The quantitative estimate of drug-likeness (QED) is 0.432. The number of hydrogen-bond acceptors (Lipinski definition) is 6. The van der Waals surface area contributed by atoms with Crippen molar-refractivity contribution in [1.82, 2.24) is 14.9 Å². The highest BCUT2D eigenvalue weighted by molar-refractivity contribution is 5.92. The van der Waals surface area contributed by atoms with E-state index in [9.17, 15) is 18.0 Å². The predicted molar refractivity (Wildman–Crippen MR) is 148 cm³/mol. The topological polar surface area (TPSA) is 70.6 Å². The minimum atomic E-state index is -4.85. The van der Waals surface area contributed by atoms with Gasteiger partial charge in [-0.25, -0.2) is 4.98 Å². The van der Waals surface area contributed by atoms with Crippen molar-refractivity contribution in [3.8, 4) is 11.3 Å². The van der Waals surface area contributed by atoms with Gasteiger partial charge in [-0.1, -0.05) is 26.0 Å². The summed E-state index contributed by atoms with van der Waals surface area (Å²) in [4.78, 5) is 24.2. The van der Waals surface area contributed by atoms with E-state index in [1.165, 1.54) is 7.05 Å². The molecule has 1 N–H and O–H groups in total. The zero-order valence-corrected chi connectivity index (χ0v) is 22.7. The number of aromatic nitrogens is 2. The number of nitrogens with one attached hydrogen (secondary N) is 1. The van der Waals surface area contributed by atoms with Crippen molar-refractivity contribution in [2.24, 2.45) is 0 Å². The third-order valence-corrected chi connectivity index (χ3v) is 7.29. The first-order chi connectivity index (χ1) is 18.8. The molecule has 1 saturated heterocycles. The van der Waals surface area contributed by atoms with Crippen LogP contribution in [0.15, 0.2) is 48.7 Å². The van der Waals surface area contributed by atoms with Gasteiger partial charge in [-0.3, -0.25) is 9.78 Å². The number of fused-ring (bicyclic) bond motifs is 1. The van der Waals surface area contributed by atoms with Gasteiger partial charge in [0.25, 0.3) is 0 Å². The first-order valence-electron chi connectivity index (χ1n) is 13.6. The Morgan fingerprint density at radius 1 is 1.05 bits per heavy atom. The zero-order chi connectivity index (χ0) is 28.0. The lowest BCUT2D eigenvalue weighted by Crippen LogP contribution is -2.46. The van der Waals surface area contributed by atoms with E-state index < -0.39 is 18.1 Å². The van der Waals surface area contributed by atoms with Gasteiger partial charge in [-0.15, -0.1) is 0 Å². The van der Waals surface area contributed by atoms with Gasteiger partial charge in [0.05, 0.1) is 24.4 Å². The van der Waals surface area contributed by atoms with Crippen LogP contribution in [-0.2, 0) is 9.53 Å². The molecule has 0 bridgehead atoms. The molecule has 1 aliphatic heterocycles. The van der Waals surface area contributed by atoms with Crippen molar-refractivity contribution < 1.29 is 22.7 Å². The molecule has 0 radical (unpaired) electrons. The lowest BCUT2D eigenvalue weighted by molar-refractivity contribution is -0.186. The van der Waals surface area contributed by atoms with Crippen molar-refractivity contribution in [1.29, 1.82) is 0 Å². The number of ether oxygens (including phenoxy) is 1. The minimum absolute atomic E-state index is 0.0421. The molecular weight excluding hydrogens is 507 g/mol. The molecule has 2 fully saturated rings. The molecule has 1 saturated carbocycles. The average Bonchev–Trinajstić information content (AvgIpc) is 2.98. The Morgan fingerprint density at radius 2 is 1.72 bits per heavy atom. The van der Waals surface area contributed by atoms with E-state index in [2.05, 4.69) is 39.5 Å². The van der Waals surface area contributed by atoms with Crippen LogP contribution in [0.3, 0.4) is 0 Å². The highest BCUT2D eigenvalue weighted by Gasteiger charge is 2.43. The second kappa shape index (κ2) is 12.6. The number of anilines is 2. The summed E-state index contributed by atoms with van der Waals surface area (Å²) < 4.78 is 44.0. The number of pyridine rings is 2. The normalized spacial score (nSPS) is 19.7. The Hall–Kier alpha value is -3.40. The van der Waals surface area contributed by atoms with Crippen LogP contribution in [0.2, 0.25) is 0 Å². The standard InChI is InChI=1S/C27H30F3N5O2.C2H6/c1-34(26(36)27(28,29)30)20-10-6-19(7-11-20)32-25-22-3-2-12-31-24(22)17-23(33-25)18-4-8-21(9-5-18)35-13-15-37-16-14-35;1-2/h2-5,8-9,12,17,19-20H,6-7,10-11,13-16H2,1H3,(H,32,33);1-2H3. The molecule has 0 spiro atoms. The molecule has 3 aromatic rings. The number of benzene rings is 1. The van der Waals surface area contributed by atoms with Gasteiger partial charge in [0, 0.05) is 55.1 Å². The van der Waals surface area contributed by atoms with Crippen LogP contribution in [-0.4, -0.2) is 72.4 Å².